The molecule has 1 unspecified atom stereocenters. The summed E-state index contributed by atoms with van der Waals surface area (Å²) in [5.74, 6) is -0.175. The summed E-state index contributed by atoms with van der Waals surface area (Å²) in [6.45, 7) is 5.61. The molecule has 6 nitrogen and oxygen atoms in total. The maximum absolute atomic E-state index is 12.8. The molecule has 7 heteroatoms. The number of amides is 1. The number of rotatable bonds is 4. The van der Waals surface area contributed by atoms with Crippen LogP contribution in [0.4, 0.5) is 5.69 Å². The lowest BCUT2D eigenvalue weighted by Crippen LogP contribution is -2.42. The highest BCUT2D eigenvalue weighted by Crippen LogP contribution is 2.29. The molecule has 2 aliphatic rings. The van der Waals surface area contributed by atoms with Gasteiger partial charge in [0.05, 0.1) is 34.7 Å². The molecular weight excluding hydrogens is 374 g/mol. The number of hydrogen-bond donors (Lipinski definition) is 1. The van der Waals surface area contributed by atoms with Crippen molar-refractivity contribution in [3.05, 3.63) is 28.8 Å². The number of halogens is 1. The molecule has 1 amide bonds. The van der Waals surface area contributed by atoms with E-state index in [4.69, 9.17) is 11.6 Å². The smallest absolute Gasteiger partial charge is 0.253 e. The third kappa shape index (κ3) is 4.03. The van der Waals surface area contributed by atoms with E-state index in [2.05, 4.69) is 29.4 Å². The normalized spacial score (nSPS) is 27.2. The first-order valence-corrected chi connectivity index (χ1v) is 10.3. The zero-order valence-electron chi connectivity index (χ0n) is 16.4. The van der Waals surface area contributed by atoms with Gasteiger partial charge in [-0.05, 0) is 50.8 Å². The van der Waals surface area contributed by atoms with Crippen LogP contribution in [-0.4, -0.2) is 42.0 Å². The number of nitrogens with zero attached hydrogens (tertiary/aromatic N) is 4. The Kier molecular flexibility index (Phi) is 6.31. The van der Waals surface area contributed by atoms with Crippen LogP contribution in [0.25, 0.3) is 0 Å². The van der Waals surface area contributed by atoms with Gasteiger partial charge in [-0.3, -0.25) is 4.79 Å². The van der Waals surface area contributed by atoms with Gasteiger partial charge in [0, 0.05) is 24.8 Å². The van der Waals surface area contributed by atoms with Gasteiger partial charge in [0.2, 0.25) is 0 Å². The van der Waals surface area contributed by atoms with Crippen molar-refractivity contribution >= 4 is 23.2 Å². The predicted molar refractivity (Wildman–Crippen MR) is 109 cm³/mol. The Labute approximate surface area is 171 Å². The molecule has 1 aromatic carbocycles. The minimum absolute atomic E-state index is 0.0341. The summed E-state index contributed by atoms with van der Waals surface area (Å²) >= 11 is 6.43. The molecule has 0 bridgehead atoms. The van der Waals surface area contributed by atoms with Gasteiger partial charge in [0.1, 0.15) is 0 Å². The van der Waals surface area contributed by atoms with Crippen LogP contribution in [0.5, 0.6) is 0 Å². The SMILES string of the molecule is CC[C@H]1C[C@@H](NC(=O)c2ccc(N3CCCC(C#N)C3)cc2Cl)[C@@H](C)N1C#N. The number of carbonyl (C=O) groups is 1. The summed E-state index contributed by atoms with van der Waals surface area (Å²) in [4.78, 5) is 16.7. The maximum atomic E-state index is 12.8. The van der Waals surface area contributed by atoms with Crippen molar-refractivity contribution in [2.75, 3.05) is 18.0 Å². The molecule has 0 aromatic heterocycles. The Morgan fingerprint density at radius 3 is 2.79 bits per heavy atom. The van der Waals surface area contributed by atoms with Crippen molar-refractivity contribution in [2.45, 2.75) is 57.7 Å². The zero-order chi connectivity index (χ0) is 20.3. The molecule has 0 radical (unpaired) electrons. The topological polar surface area (TPSA) is 83.2 Å². The van der Waals surface area contributed by atoms with Crippen LogP contribution in [-0.2, 0) is 0 Å². The highest BCUT2D eigenvalue weighted by Gasteiger charge is 2.38. The molecule has 2 aliphatic heterocycles. The van der Waals surface area contributed by atoms with E-state index in [1.807, 2.05) is 19.1 Å². The molecule has 148 valence electrons. The minimum Gasteiger partial charge on any atom is -0.370 e. The average Bonchev–Trinajstić information content (AvgIpc) is 3.02. The van der Waals surface area contributed by atoms with Crippen LogP contribution >= 0.6 is 11.6 Å². The van der Waals surface area contributed by atoms with Crippen LogP contribution in [0.2, 0.25) is 5.02 Å². The number of carbonyl (C=O) groups excluding carboxylic acids is 1. The van der Waals surface area contributed by atoms with E-state index in [1.165, 1.54) is 0 Å². The number of hydrogen-bond acceptors (Lipinski definition) is 5. The Morgan fingerprint density at radius 2 is 2.18 bits per heavy atom. The molecule has 4 atom stereocenters. The van der Waals surface area contributed by atoms with Crippen LogP contribution in [0.3, 0.4) is 0 Å². The summed E-state index contributed by atoms with van der Waals surface area (Å²) in [5, 5.41) is 22.0. The lowest BCUT2D eigenvalue weighted by atomic mass is 9.99. The van der Waals surface area contributed by atoms with Crippen LogP contribution in [0.15, 0.2) is 18.2 Å². The van der Waals surface area contributed by atoms with Crippen molar-refractivity contribution in [3.8, 4) is 12.3 Å². The molecule has 0 spiro atoms. The van der Waals surface area contributed by atoms with E-state index in [0.717, 1.165) is 37.9 Å². The first-order chi connectivity index (χ1) is 13.5. The Balaban J connectivity index is 1.70. The van der Waals surface area contributed by atoms with Crippen molar-refractivity contribution in [2.24, 2.45) is 5.92 Å². The van der Waals surface area contributed by atoms with Gasteiger partial charge in [-0.2, -0.15) is 10.5 Å². The molecule has 1 N–H and O–H groups in total. The van der Waals surface area contributed by atoms with E-state index in [0.29, 0.717) is 17.1 Å². The molecule has 1 aromatic rings. The molecule has 2 fully saturated rings. The monoisotopic (exact) mass is 399 g/mol. The minimum atomic E-state index is -0.211. The Morgan fingerprint density at radius 1 is 1.39 bits per heavy atom. The fourth-order valence-electron chi connectivity index (χ4n) is 4.29. The first-order valence-electron chi connectivity index (χ1n) is 9.91. The van der Waals surface area contributed by atoms with Gasteiger partial charge in [-0.15, -0.1) is 0 Å². The van der Waals surface area contributed by atoms with E-state index in [1.54, 1.807) is 11.0 Å². The van der Waals surface area contributed by atoms with Gasteiger partial charge in [0.25, 0.3) is 5.91 Å². The molecule has 2 saturated heterocycles. The molecule has 2 heterocycles. The fraction of sp³-hybridized carbons (Fsp3) is 0.571. The number of nitrogens with one attached hydrogen (secondary N) is 1. The van der Waals surface area contributed by atoms with Gasteiger partial charge in [-0.25, -0.2) is 0 Å². The quantitative estimate of drug-likeness (QED) is 0.783. The third-order valence-electron chi connectivity index (χ3n) is 6.01. The van der Waals surface area contributed by atoms with Crippen LogP contribution < -0.4 is 10.2 Å². The number of likely N-dealkylation sites (tertiary alicyclic amines) is 1. The standard InChI is InChI=1S/C21H26ClN5O/c1-3-16-10-20(14(2)27(16)13-24)25-21(28)18-7-6-17(9-19(18)22)26-8-4-5-15(11-23)12-26/h6-7,9,14-16,20H,3-5,8,10,12H2,1-2H3,(H,25,28)/t14-,15?,16+,20-/m1/s1. The van der Waals surface area contributed by atoms with Gasteiger partial charge < -0.3 is 15.1 Å². The largest absolute Gasteiger partial charge is 0.370 e. The molecular formula is C21H26ClN5O. The average molecular weight is 400 g/mol. The van der Waals surface area contributed by atoms with Gasteiger partial charge in [-0.1, -0.05) is 18.5 Å². The number of nitriles is 2. The molecule has 28 heavy (non-hydrogen) atoms. The zero-order valence-corrected chi connectivity index (χ0v) is 17.1. The maximum Gasteiger partial charge on any atom is 0.253 e. The van der Waals surface area contributed by atoms with Crippen LogP contribution in [0.1, 0.15) is 49.9 Å². The number of benzene rings is 1. The molecule has 3 rings (SSSR count). The summed E-state index contributed by atoms with van der Waals surface area (Å²) in [5.41, 5.74) is 1.38. The van der Waals surface area contributed by atoms with E-state index < -0.39 is 0 Å². The number of anilines is 1. The predicted octanol–water partition coefficient (Wildman–Crippen LogP) is 3.53. The second-order valence-corrected chi connectivity index (χ2v) is 8.11. The number of piperidine rings is 1. The van der Waals surface area contributed by atoms with Crippen molar-refractivity contribution in [1.29, 1.82) is 10.5 Å². The highest BCUT2D eigenvalue weighted by molar-refractivity contribution is 6.34. The second-order valence-electron chi connectivity index (χ2n) is 7.70. The highest BCUT2D eigenvalue weighted by atomic mass is 35.5. The molecule has 0 aliphatic carbocycles. The summed E-state index contributed by atoms with van der Waals surface area (Å²) in [7, 11) is 0. The molecule has 0 saturated carbocycles. The van der Waals surface area contributed by atoms with Crippen molar-refractivity contribution < 1.29 is 4.79 Å². The van der Waals surface area contributed by atoms with Crippen LogP contribution in [0, 0.1) is 28.7 Å². The summed E-state index contributed by atoms with van der Waals surface area (Å²) in [6.07, 6.45) is 5.79. The Hall–Kier alpha value is -2.44. The lowest BCUT2D eigenvalue weighted by Gasteiger charge is -2.31. The van der Waals surface area contributed by atoms with E-state index in [9.17, 15) is 15.3 Å². The first kappa shape index (κ1) is 20.3. The van der Waals surface area contributed by atoms with E-state index in [-0.39, 0.29) is 30.0 Å². The Bertz CT molecular complexity index is 814. The second kappa shape index (κ2) is 8.71. The van der Waals surface area contributed by atoms with E-state index >= 15 is 0 Å². The van der Waals surface area contributed by atoms with Gasteiger partial charge >= 0.3 is 0 Å². The van der Waals surface area contributed by atoms with Crippen molar-refractivity contribution in [1.82, 2.24) is 10.2 Å². The third-order valence-corrected chi connectivity index (χ3v) is 6.32. The summed E-state index contributed by atoms with van der Waals surface area (Å²) in [6, 6.07) is 7.85. The lowest BCUT2D eigenvalue weighted by molar-refractivity contribution is 0.0931. The fourth-order valence-corrected chi connectivity index (χ4v) is 4.55. The van der Waals surface area contributed by atoms with Gasteiger partial charge in [0.15, 0.2) is 6.19 Å². The van der Waals surface area contributed by atoms with Crippen molar-refractivity contribution in [3.63, 3.8) is 0 Å². The summed E-state index contributed by atoms with van der Waals surface area (Å²) < 4.78 is 0.